The minimum absolute atomic E-state index is 0.182. The molecule has 0 aliphatic heterocycles. The van der Waals surface area contributed by atoms with Gasteiger partial charge in [0, 0.05) is 13.6 Å². The smallest absolute Gasteiger partial charge is 0.244 e. The fraction of sp³-hybridized carbons (Fsp3) is 0.391. The van der Waals surface area contributed by atoms with Crippen molar-refractivity contribution >= 4 is 27.5 Å². The molecule has 1 atom stereocenters. The molecule has 0 radical (unpaired) electrons. The predicted molar refractivity (Wildman–Crippen MR) is 125 cm³/mol. The van der Waals surface area contributed by atoms with Crippen LogP contribution in [0.25, 0.3) is 0 Å². The zero-order valence-corrected chi connectivity index (χ0v) is 20.0. The van der Waals surface area contributed by atoms with E-state index in [0.717, 1.165) is 21.7 Å². The van der Waals surface area contributed by atoms with Gasteiger partial charge in [0.05, 0.1) is 18.6 Å². The van der Waals surface area contributed by atoms with Crippen molar-refractivity contribution in [1.29, 1.82) is 0 Å². The topological polar surface area (TPSA) is 96.0 Å². The van der Waals surface area contributed by atoms with Gasteiger partial charge < -0.3 is 15.0 Å². The largest absolute Gasteiger partial charge is 0.494 e. The summed E-state index contributed by atoms with van der Waals surface area (Å²) in [5, 5.41) is 2.56. The van der Waals surface area contributed by atoms with Crippen molar-refractivity contribution in [2.24, 2.45) is 0 Å². The molecule has 32 heavy (non-hydrogen) atoms. The van der Waals surface area contributed by atoms with Crippen LogP contribution < -0.4 is 14.4 Å². The van der Waals surface area contributed by atoms with Crippen molar-refractivity contribution in [3.63, 3.8) is 0 Å². The van der Waals surface area contributed by atoms with Crippen LogP contribution in [-0.4, -0.2) is 57.6 Å². The first-order chi connectivity index (χ1) is 15.1. The Bertz CT molecular complexity index is 1040. The van der Waals surface area contributed by atoms with Crippen molar-refractivity contribution in [2.75, 3.05) is 30.8 Å². The molecule has 0 saturated heterocycles. The van der Waals surface area contributed by atoms with Crippen LogP contribution in [0.5, 0.6) is 5.75 Å². The Morgan fingerprint density at radius 2 is 1.72 bits per heavy atom. The molecule has 174 valence electrons. The molecule has 0 aliphatic rings. The first-order valence-electron chi connectivity index (χ1n) is 10.3. The van der Waals surface area contributed by atoms with E-state index in [1.807, 2.05) is 38.1 Å². The molecule has 1 N–H and O–H groups in total. The van der Waals surface area contributed by atoms with Gasteiger partial charge in [-0.15, -0.1) is 0 Å². The first kappa shape index (κ1) is 25.2. The predicted octanol–water partition coefficient (Wildman–Crippen LogP) is 2.32. The van der Waals surface area contributed by atoms with Crippen LogP contribution in [0.1, 0.15) is 25.0 Å². The van der Waals surface area contributed by atoms with Crippen molar-refractivity contribution in [3.05, 3.63) is 59.7 Å². The average molecular weight is 462 g/mol. The van der Waals surface area contributed by atoms with Gasteiger partial charge in [-0.1, -0.05) is 24.3 Å². The maximum atomic E-state index is 13.3. The molecule has 0 bridgehead atoms. The Balaban J connectivity index is 2.36. The zero-order valence-electron chi connectivity index (χ0n) is 19.2. The van der Waals surface area contributed by atoms with E-state index in [-0.39, 0.29) is 12.5 Å². The van der Waals surface area contributed by atoms with Gasteiger partial charge >= 0.3 is 0 Å². The van der Waals surface area contributed by atoms with Crippen LogP contribution in [-0.2, 0) is 26.2 Å². The number of likely N-dealkylation sites (N-methyl/N-ethyl adjacent to an activating group) is 1. The third-order valence-electron chi connectivity index (χ3n) is 5.13. The lowest BCUT2D eigenvalue weighted by Crippen LogP contribution is -2.50. The van der Waals surface area contributed by atoms with E-state index in [4.69, 9.17) is 4.74 Å². The summed E-state index contributed by atoms with van der Waals surface area (Å²) in [6, 6.07) is 13.3. The normalized spacial score (nSPS) is 12.0. The Morgan fingerprint density at radius 1 is 1.09 bits per heavy atom. The molecular weight excluding hydrogens is 430 g/mol. The summed E-state index contributed by atoms with van der Waals surface area (Å²) in [5.41, 5.74) is 2.19. The van der Waals surface area contributed by atoms with E-state index >= 15 is 0 Å². The number of carbonyl (C=O) groups excluding carboxylic acids is 2. The highest BCUT2D eigenvalue weighted by Crippen LogP contribution is 2.22. The van der Waals surface area contributed by atoms with E-state index in [0.29, 0.717) is 18.0 Å². The second-order valence-corrected chi connectivity index (χ2v) is 9.34. The van der Waals surface area contributed by atoms with E-state index in [1.54, 1.807) is 31.2 Å². The molecule has 0 fully saturated rings. The fourth-order valence-corrected chi connectivity index (χ4v) is 4.10. The van der Waals surface area contributed by atoms with Gasteiger partial charge in [0.2, 0.25) is 21.8 Å². The Labute approximate surface area is 190 Å². The molecule has 2 rings (SSSR count). The molecule has 0 heterocycles. The van der Waals surface area contributed by atoms with Crippen LogP contribution in [0.15, 0.2) is 48.5 Å². The number of nitrogens with one attached hydrogen (secondary N) is 1. The molecule has 2 aromatic rings. The monoisotopic (exact) mass is 461 g/mol. The number of ether oxygens (including phenoxy) is 1. The van der Waals surface area contributed by atoms with Crippen molar-refractivity contribution < 1.29 is 22.7 Å². The maximum absolute atomic E-state index is 13.3. The summed E-state index contributed by atoms with van der Waals surface area (Å²) >= 11 is 0. The summed E-state index contributed by atoms with van der Waals surface area (Å²) in [7, 11) is -2.26. The van der Waals surface area contributed by atoms with Gasteiger partial charge in [-0.25, -0.2) is 8.42 Å². The van der Waals surface area contributed by atoms with Gasteiger partial charge in [-0.2, -0.15) is 0 Å². The molecule has 2 amide bonds. The zero-order chi connectivity index (χ0) is 23.9. The Hall–Kier alpha value is -3.07. The summed E-state index contributed by atoms with van der Waals surface area (Å²) < 4.78 is 31.5. The molecule has 0 saturated carbocycles. The highest BCUT2D eigenvalue weighted by Gasteiger charge is 2.29. The standard InChI is InChI=1S/C23H31N3O5S/c1-6-31-21-13-11-20(12-14-21)26(32(5,29)30)16-22(27)25(18(3)23(28)24-4)15-19-10-8-7-9-17(19)2/h7-14,18H,6,15-16H2,1-5H3,(H,24,28)/t18-/m1/s1. The van der Waals surface area contributed by atoms with Crippen molar-refractivity contribution in [3.8, 4) is 5.75 Å². The van der Waals surface area contributed by atoms with E-state index in [9.17, 15) is 18.0 Å². The summed E-state index contributed by atoms with van der Waals surface area (Å²) in [6.07, 6.45) is 1.05. The molecule has 2 aromatic carbocycles. The van der Waals surface area contributed by atoms with E-state index in [2.05, 4.69) is 5.32 Å². The number of benzene rings is 2. The molecule has 0 spiro atoms. The number of carbonyl (C=O) groups is 2. The number of amides is 2. The van der Waals surface area contributed by atoms with E-state index < -0.39 is 28.5 Å². The van der Waals surface area contributed by atoms with Gasteiger partial charge in [-0.05, 0) is 56.2 Å². The lowest BCUT2D eigenvalue weighted by Gasteiger charge is -2.31. The third-order valence-corrected chi connectivity index (χ3v) is 6.27. The highest BCUT2D eigenvalue weighted by molar-refractivity contribution is 7.92. The van der Waals surface area contributed by atoms with Crippen LogP contribution in [0.2, 0.25) is 0 Å². The summed E-state index contributed by atoms with van der Waals surface area (Å²) in [5.74, 6) is -0.215. The maximum Gasteiger partial charge on any atom is 0.244 e. The van der Waals surface area contributed by atoms with Gasteiger partial charge in [0.25, 0.3) is 0 Å². The Kier molecular flexibility index (Phi) is 8.65. The molecular formula is C23H31N3O5S. The number of sulfonamides is 1. The quantitative estimate of drug-likeness (QED) is 0.586. The van der Waals surface area contributed by atoms with Crippen molar-refractivity contribution in [2.45, 2.75) is 33.4 Å². The molecule has 0 aromatic heterocycles. The van der Waals surface area contributed by atoms with Crippen LogP contribution >= 0.6 is 0 Å². The molecule has 0 unspecified atom stereocenters. The van der Waals surface area contributed by atoms with Crippen LogP contribution in [0.4, 0.5) is 5.69 Å². The number of anilines is 1. The van der Waals surface area contributed by atoms with Gasteiger partial charge in [0.1, 0.15) is 18.3 Å². The van der Waals surface area contributed by atoms with Crippen LogP contribution in [0, 0.1) is 6.92 Å². The molecule has 8 nitrogen and oxygen atoms in total. The highest BCUT2D eigenvalue weighted by atomic mass is 32.2. The second kappa shape index (κ2) is 11.0. The molecule has 9 heteroatoms. The number of nitrogens with zero attached hydrogens (tertiary/aromatic N) is 2. The lowest BCUT2D eigenvalue weighted by atomic mass is 10.1. The minimum atomic E-state index is -3.76. The second-order valence-electron chi connectivity index (χ2n) is 7.43. The van der Waals surface area contributed by atoms with Gasteiger partial charge in [-0.3, -0.25) is 13.9 Å². The number of rotatable bonds is 10. The van der Waals surface area contributed by atoms with Crippen LogP contribution in [0.3, 0.4) is 0 Å². The number of hydrogen-bond donors (Lipinski definition) is 1. The molecule has 0 aliphatic carbocycles. The minimum Gasteiger partial charge on any atom is -0.494 e. The fourth-order valence-electron chi connectivity index (χ4n) is 3.25. The van der Waals surface area contributed by atoms with Gasteiger partial charge in [0.15, 0.2) is 0 Å². The number of aryl methyl sites for hydroxylation is 1. The average Bonchev–Trinajstić information content (AvgIpc) is 2.76. The summed E-state index contributed by atoms with van der Waals surface area (Å²) in [6.45, 7) is 5.63. The lowest BCUT2D eigenvalue weighted by molar-refractivity contribution is -0.139. The Morgan fingerprint density at radius 3 is 2.25 bits per heavy atom. The number of hydrogen-bond acceptors (Lipinski definition) is 5. The van der Waals surface area contributed by atoms with Crippen molar-refractivity contribution in [1.82, 2.24) is 10.2 Å². The third kappa shape index (κ3) is 6.46. The van der Waals surface area contributed by atoms with E-state index in [1.165, 1.54) is 11.9 Å². The first-order valence-corrected chi connectivity index (χ1v) is 12.2. The summed E-state index contributed by atoms with van der Waals surface area (Å²) in [4.78, 5) is 27.1. The SMILES string of the molecule is CCOc1ccc(N(CC(=O)N(Cc2ccccc2C)[C@H](C)C(=O)NC)S(C)(=O)=O)cc1.